The summed E-state index contributed by atoms with van der Waals surface area (Å²) in [5, 5.41) is 3.09. The fourth-order valence-corrected chi connectivity index (χ4v) is 2.16. The summed E-state index contributed by atoms with van der Waals surface area (Å²) in [5.74, 6) is 1.12. The molecular weight excluding hydrogens is 200 g/mol. The van der Waals surface area contributed by atoms with Crippen LogP contribution in [0.15, 0.2) is 0 Å². The molecule has 1 amide bonds. The summed E-state index contributed by atoms with van der Waals surface area (Å²) in [6, 6.07) is 0.387. The van der Waals surface area contributed by atoms with Crippen LogP contribution in [0, 0.1) is 17.3 Å². The molecule has 3 N–H and O–H groups in total. The highest BCUT2D eigenvalue weighted by Crippen LogP contribution is 2.44. The van der Waals surface area contributed by atoms with Crippen molar-refractivity contribution in [3.63, 3.8) is 0 Å². The van der Waals surface area contributed by atoms with E-state index < -0.39 is 0 Å². The number of carbonyl (C=O) groups is 1. The Balaban J connectivity index is 2.27. The van der Waals surface area contributed by atoms with Gasteiger partial charge in [0.1, 0.15) is 0 Å². The van der Waals surface area contributed by atoms with E-state index in [1.807, 2.05) is 0 Å². The van der Waals surface area contributed by atoms with Gasteiger partial charge in [-0.05, 0) is 36.6 Å². The number of rotatable bonds is 6. The van der Waals surface area contributed by atoms with Gasteiger partial charge in [-0.1, -0.05) is 27.7 Å². The molecule has 1 rings (SSSR count). The van der Waals surface area contributed by atoms with Crippen LogP contribution < -0.4 is 11.1 Å². The minimum atomic E-state index is 0.173. The monoisotopic (exact) mass is 226 g/mol. The molecule has 0 radical (unpaired) electrons. The molecule has 0 aliphatic heterocycles. The summed E-state index contributed by atoms with van der Waals surface area (Å²) in [4.78, 5) is 11.8. The Labute approximate surface area is 99.2 Å². The molecular formula is C13H26N2O. The van der Waals surface area contributed by atoms with Crippen molar-refractivity contribution < 1.29 is 4.79 Å². The summed E-state index contributed by atoms with van der Waals surface area (Å²) < 4.78 is 0. The van der Waals surface area contributed by atoms with Gasteiger partial charge < -0.3 is 11.1 Å². The Bertz CT molecular complexity index is 248. The number of carbonyl (C=O) groups excluding carboxylic acids is 1. The van der Waals surface area contributed by atoms with E-state index in [0.29, 0.717) is 36.3 Å². The second kappa shape index (κ2) is 5.17. The molecule has 0 aromatic rings. The number of nitrogens with two attached hydrogens (primary N) is 1. The summed E-state index contributed by atoms with van der Waals surface area (Å²) in [6.07, 6.45) is 2.73. The van der Waals surface area contributed by atoms with Gasteiger partial charge in [0.05, 0.1) is 0 Å². The first-order chi connectivity index (χ1) is 7.35. The smallest absolute Gasteiger partial charge is 0.220 e. The highest BCUT2D eigenvalue weighted by Gasteiger charge is 2.46. The predicted molar refractivity (Wildman–Crippen MR) is 66.9 cm³/mol. The fraction of sp³-hybridized carbons (Fsp3) is 0.923. The highest BCUT2D eigenvalue weighted by atomic mass is 16.1. The van der Waals surface area contributed by atoms with Crippen LogP contribution >= 0.6 is 0 Å². The van der Waals surface area contributed by atoms with E-state index in [1.165, 1.54) is 0 Å². The number of nitrogens with one attached hydrogen (secondary N) is 1. The zero-order chi connectivity index (χ0) is 12.3. The van der Waals surface area contributed by atoms with Gasteiger partial charge in [0.15, 0.2) is 0 Å². The maximum atomic E-state index is 11.8. The molecule has 0 aromatic carbocycles. The standard InChI is InChI=1S/C13H26N2O/c1-9(2)5-10(8-14)6-12(16)15-11-7-13(11,3)4/h9-11H,5-8,14H2,1-4H3,(H,15,16)/t10-,11?/m0/s1. The average molecular weight is 226 g/mol. The van der Waals surface area contributed by atoms with E-state index in [9.17, 15) is 4.79 Å². The second-order valence-corrected chi connectivity index (χ2v) is 6.25. The normalized spacial score (nSPS) is 24.2. The van der Waals surface area contributed by atoms with E-state index >= 15 is 0 Å². The molecule has 1 saturated carbocycles. The van der Waals surface area contributed by atoms with Crippen molar-refractivity contribution in [1.29, 1.82) is 0 Å². The van der Waals surface area contributed by atoms with Crippen molar-refractivity contribution in [2.75, 3.05) is 6.54 Å². The minimum absolute atomic E-state index is 0.173. The molecule has 3 nitrogen and oxygen atoms in total. The summed E-state index contributed by atoms with van der Waals surface area (Å²) in [7, 11) is 0. The van der Waals surface area contributed by atoms with Gasteiger partial charge in [-0.25, -0.2) is 0 Å². The van der Waals surface area contributed by atoms with E-state index in [4.69, 9.17) is 5.73 Å². The third kappa shape index (κ3) is 4.12. The van der Waals surface area contributed by atoms with Crippen molar-refractivity contribution in [3.8, 4) is 0 Å². The molecule has 1 aliphatic rings. The molecule has 0 saturated heterocycles. The van der Waals surface area contributed by atoms with Crippen molar-refractivity contribution in [1.82, 2.24) is 5.32 Å². The van der Waals surface area contributed by atoms with Gasteiger partial charge in [0.25, 0.3) is 0 Å². The van der Waals surface area contributed by atoms with Gasteiger partial charge in [-0.3, -0.25) is 4.79 Å². The minimum Gasteiger partial charge on any atom is -0.353 e. The van der Waals surface area contributed by atoms with Crippen molar-refractivity contribution in [2.24, 2.45) is 23.0 Å². The first-order valence-electron chi connectivity index (χ1n) is 6.34. The molecule has 2 atom stereocenters. The summed E-state index contributed by atoms with van der Waals surface area (Å²) >= 11 is 0. The van der Waals surface area contributed by atoms with E-state index in [0.717, 1.165) is 12.8 Å². The molecule has 1 aliphatic carbocycles. The number of amides is 1. The Morgan fingerprint density at radius 1 is 1.50 bits per heavy atom. The molecule has 1 fully saturated rings. The third-order valence-electron chi connectivity index (χ3n) is 3.46. The quantitative estimate of drug-likeness (QED) is 0.727. The lowest BCUT2D eigenvalue weighted by Gasteiger charge is -2.17. The van der Waals surface area contributed by atoms with Crippen LogP contribution in [0.3, 0.4) is 0 Å². The van der Waals surface area contributed by atoms with Crippen molar-refractivity contribution >= 4 is 5.91 Å². The lowest BCUT2D eigenvalue weighted by molar-refractivity contribution is -0.122. The number of hydrogen-bond acceptors (Lipinski definition) is 2. The zero-order valence-corrected chi connectivity index (χ0v) is 11.0. The predicted octanol–water partition coefficient (Wildman–Crippen LogP) is 1.91. The van der Waals surface area contributed by atoms with Crippen molar-refractivity contribution in [3.05, 3.63) is 0 Å². The SMILES string of the molecule is CC(C)C[C@H](CN)CC(=O)NC1CC1(C)C. The average Bonchev–Trinajstić information content (AvgIpc) is 2.71. The Morgan fingerprint density at radius 2 is 2.06 bits per heavy atom. The Hall–Kier alpha value is -0.570. The lowest BCUT2D eigenvalue weighted by Crippen LogP contribution is -2.32. The van der Waals surface area contributed by atoms with Gasteiger partial charge in [0.2, 0.25) is 5.91 Å². The second-order valence-electron chi connectivity index (χ2n) is 6.25. The summed E-state index contributed by atoms with van der Waals surface area (Å²) in [6.45, 7) is 9.33. The van der Waals surface area contributed by atoms with Crippen LogP contribution in [0.1, 0.15) is 47.0 Å². The van der Waals surface area contributed by atoms with Crippen LogP contribution in [-0.2, 0) is 4.79 Å². The first-order valence-corrected chi connectivity index (χ1v) is 6.34. The maximum Gasteiger partial charge on any atom is 0.220 e. The van der Waals surface area contributed by atoms with Crippen LogP contribution in [0.5, 0.6) is 0 Å². The molecule has 3 heteroatoms. The third-order valence-corrected chi connectivity index (χ3v) is 3.46. The van der Waals surface area contributed by atoms with E-state index in [2.05, 4.69) is 33.0 Å². The molecule has 0 heterocycles. The van der Waals surface area contributed by atoms with Gasteiger partial charge >= 0.3 is 0 Å². The van der Waals surface area contributed by atoms with Gasteiger partial charge in [-0.15, -0.1) is 0 Å². The van der Waals surface area contributed by atoms with Crippen LogP contribution in [0.2, 0.25) is 0 Å². The number of hydrogen-bond donors (Lipinski definition) is 2. The fourth-order valence-electron chi connectivity index (χ4n) is 2.16. The van der Waals surface area contributed by atoms with E-state index in [1.54, 1.807) is 0 Å². The maximum absolute atomic E-state index is 11.8. The lowest BCUT2D eigenvalue weighted by atomic mass is 9.94. The van der Waals surface area contributed by atoms with Crippen molar-refractivity contribution in [2.45, 2.75) is 53.0 Å². The van der Waals surface area contributed by atoms with Crippen LogP contribution in [0.4, 0.5) is 0 Å². The Morgan fingerprint density at radius 3 is 2.44 bits per heavy atom. The Kier molecular flexibility index (Phi) is 4.36. The molecule has 16 heavy (non-hydrogen) atoms. The molecule has 0 bridgehead atoms. The molecule has 94 valence electrons. The molecule has 1 unspecified atom stereocenters. The zero-order valence-electron chi connectivity index (χ0n) is 11.0. The van der Waals surface area contributed by atoms with Crippen LogP contribution in [0.25, 0.3) is 0 Å². The van der Waals surface area contributed by atoms with E-state index in [-0.39, 0.29) is 5.91 Å². The molecule has 0 spiro atoms. The topological polar surface area (TPSA) is 55.1 Å². The van der Waals surface area contributed by atoms with Gasteiger partial charge in [0, 0.05) is 12.5 Å². The highest BCUT2D eigenvalue weighted by molar-refractivity contribution is 5.77. The first kappa shape index (κ1) is 13.5. The largest absolute Gasteiger partial charge is 0.353 e. The summed E-state index contributed by atoms with van der Waals surface area (Å²) in [5.41, 5.74) is 6.00. The van der Waals surface area contributed by atoms with Gasteiger partial charge in [-0.2, -0.15) is 0 Å². The van der Waals surface area contributed by atoms with Crippen LogP contribution in [-0.4, -0.2) is 18.5 Å². The molecule has 0 aromatic heterocycles.